The van der Waals surface area contributed by atoms with Crippen LogP contribution in [0.5, 0.6) is 0 Å². The minimum absolute atomic E-state index is 0.0542. The monoisotopic (exact) mass is 1250 g/mol. The zero-order valence-corrected chi connectivity index (χ0v) is 54.3. The summed E-state index contributed by atoms with van der Waals surface area (Å²) in [4.78, 5) is 37.6. The van der Waals surface area contributed by atoms with Gasteiger partial charge < -0.3 is 44.5 Å². The van der Waals surface area contributed by atoms with Crippen molar-refractivity contribution >= 4 is 121 Å². The van der Waals surface area contributed by atoms with Gasteiger partial charge in [-0.3, -0.25) is 30.3 Å². The molecule has 3 amide bonds. The molecule has 0 fully saturated rings. The molecule has 9 N–H and O–H groups in total. The molecule has 0 aliphatic rings. The Kier molecular flexibility index (Phi) is 39.2. The van der Waals surface area contributed by atoms with E-state index in [0.29, 0.717) is 37.7 Å². The first-order chi connectivity index (χ1) is 41.0. The third-order valence-electron chi connectivity index (χ3n) is 9.75. The second-order valence-electron chi connectivity index (χ2n) is 14.7. The lowest BCUT2D eigenvalue weighted by molar-refractivity contribution is 0.0973. The van der Waals surface area contributed by atoms with Crippen molar-refractivity contribution in [3.05, 3.63) is 194 Å². The first-order valence-electron chi connectivity index (χ1n) is 27.3. The van der Waals surface area contributed by atoms with Crippen LogP contribution >= 0.6 is 70.7 Å². The van der Waals surface area contributed by atoms with E-state index in [0.717, 1.165) is 44.9 Å². The molecule has 0 spiro atoms. The number of thiophene rings is 3. The zero-order chi connectivity index (χ0) is 62.8. The molecule has 9 rings (SSSR count). The average molecular weight is 1260 g/mol. The number of hydrogen-bond donors (Lipinski definition) is 9. The Morgan fingerprint density at radius 3 is 1.14 bits per heavy atom. The van der Waals surface area contributed by atoms with Gasteiger partial charge in [-0.05, 0) is 168 Å². The highest BCUT2D eigenvalue weighted by atomic mass is 32.1. The average Bonchev–Trinajstić information content (AvgIpc) is 4.60. The number of amides is 3. The number of benzene rings is 3. The lowest BCUT2D eigenvalue weighted by Gasteiger charge is -2.09. The highest BCUT2D eigenvalue weighted by Gasteiger charge is 2.13. The highest BCUT2D eigenvalue weighted by Crippen LogP contribution is 2.28. The molecule has 0 saturated heterocycles. The van der Waals surface area contributed by atoms with Crippen LogP contribution in [0.15, 0.2) is 175 Å². The van der Waals surface area contributed by atoms with Crippen LogP contribution < -0.4 is 31.9 Å². The third kappa shape index (κ3) is 25.6. The molecular weight excluding hydrogens is 1180 g/mol. The lowest BCUT2D eigenvalue weighted by atomic mass is 10.1. The Morgan fingerprint density at radius 2 is 0.821 bits per heavy atom. The topological polar surface area (TPSA) is 223 Å². The summed E-state index contributed by atoms with van der Waals surface area (Å²) in [5, 5.41) is 50.4. The molecule has 6 heterocycles. The van der Waals surface area contributed by atoms with Crippen LogP contribution in [0.4, 0.5) is 17.1 Å². The van der Waals surface area contributed by atoms with Crippen LogP contribution in [-0.4, -0.2) is 48.4 Å². The standard InChI is InChI=1S/3C17H14N2O3S2.6C2H6/c20-10-12-7-8-22-15(12)11-3-5-13(6-4-11)18-17(23)19-16(21)14-2-1-9-24-14;20-10-13-7-8-14(22-13)11-3-5-12(6-4-11)18-17(23)19-16(21)15-2-1-9-24-15;20-9-11-8-14(22-10-11)12-3-5-13(6-4-12)18-17(23)19-16(21)15-2-1-7-24-15;6*1-2/h2*1-9,20H,10H2,(H2,18,19,21,23);1-8,10,20H,9H2,(H2,18,19,21,23);6*1-2H3. The maximum Gasteiger partial charge on any atom is 0.267 e. The fraction of sp³-hybridized carbons (Fsp3) is 0.238. The molecule has 0 bridgehead atoms. The van der Waals surface area contributed by atoms with E-state index >= 15 is 0 Å². The number of anilines is 3. The summed E-state index contributed by atoms with van der Waals surface area (Å²) >= 11 is 19.5. The lowest BCUT2D eigenvalue weighted by Crippen LogP contribution is -2.33. The van der Waals surface area contributed by atoms with Gasteiger partial charge >= 0.3 is 0 Å². The molecule has 15 nitrogen and oxygen atoms in total. The summed E-state index contributed by atoms with van der Waals surface area (Å²) in [6.45, 7) is 23.7. The van der Waals surface area contributed by atoms with E-state index in [1.54, 1.807) is 48.7 Å². The van der Waals surface area contributed by atoms with Gasteiger partial charge in [0.2, 0.25) is 0 Å². The molecule has 3 aromatic carbocycles. The van der Waals surface area contributed by atoms with Gasteiger partial charge in [0.25, 0.3) is 17.7 Å². The zero-order valence-electron chi connectivity index (χ0n) is 49.5. The summed E-state index contributed by atoms with van der Waals surface area (Å²) in [6, 6.07) is 39.8. The van der Waals surface area contributed by atoms with Crippen LogP contribution in [0.2, 0.25) is 0 Å². The van der Waals surface area contributed by atoms with Crippen molar-refractivity contribution in [2.24, 2.45) is 0 Å². The number of carbonyl (C=O) groups excluding carboxylic acids is 3. The Morgan fingerprint density at radius 1 is 0.440 bits per heavy atom. The van der Waals surface area contributed by atoms with E-state index in [-0.39, 0.29) is 52.9 Å². The Balaban J connectivity index is 0.000000577. The van der Waals surface area contributed by atoms with E-state index in [9.17, 15) is 19.5 Å². The van der Waals surface area contributed by atoms with Gasteiger partial charge in [0.1, 0.15) is 29.6 Å². The van der Waals surface area contributed by atoms with Crippen molar-refractivity contribution < 1.29 is 43.0 Å². The number of rotatable bonds is 12. The van der Waals surface area contributed by atoms with Crippen molar-refractivity contribution in [3.63, 3.8) is 0 Å². The van der Waals surface area contributed by atoms with E-state index in [1.165, 1.54) is 40.3 Å². The normalized spacial score (nSPS) is 9.32. The van der Waals surface area contributed by atoms with Crippen molar-refractivity contribution in [2.75, 3.05) is 16.0 Å². The molecular formula is C63H78N6O9S6. The molecule has 21 heteroatoms. The largest absolute Gasteiger partial charge is 0.464 e. The van der Waals surface area contributed by atoms with Gasteiger partial charge in [0, 0.05) is 44.9 Å². The van der Waals surface area contributed by atoms with Crippen LogP contribution in [0, 0.1) is 0 Å². The first kappa shape index (κ1) is 74.6. The molecule has 0 aliphatic carbocycles. The Hall–Kier alpha value is -7.44. The summed E-state index contributed by atoms with van der Waals surface area (Å²) in [7, 11) is 0. The number of furan rings is 3. The van der Waals surface area contributed by atoms with Gasteiger partial charge in [-0.15, -0.1) is 34.0 Å². The third-order valence-corrected chi connectivity index (χ3v) is 13.0. The minimum atomic E-state index is -0.234. The Labute approximate surface area is 522 Å². The maximum atomic E-state index is 11.9. The van der Waals surface area contributed by atoms with E-state index in [4.69, 9.17) is 60.1 Å². The number of thiocarbonyl (C=S) groups is 3. The van der Waals surface area contributed by atoms with Crippen LogP contribution in [0.1, 0.15) is 129 Å². The molecule has 6 aromatic heterocycles. The van der Waals surface area contributed by atoms with E-state index in [2.05, 4.69) is 31.9 Å². The van der Waals surface area contributed by atoms with Gasteiger partial charge in [0.05, 0.1) is 40.4 Å². The predicted octanol–water partition coefficient (Wildman–Crippen LogP) is 17.0. The van der Waals surface area contributed by atoms with Gasteiger partial charge in [0.15, 0.2) is 15.3 Å². The number of aliphatic hydroxyl groups is 3. The van der Waals surface area contributed by atoms with E-state index in [1.807, 2.05) is 190 Å². The SMILES string of the molecule is CC.CC.CC.CC.CC.CC.O=C(NC(=S)Nc1ccc(-c2cc(CO)co2)cc1)c1cccs1.O=C(NC(=S)Nc1ccc(-c2ccc(CO)o2)cc1)c1cccs1.O=C(NC(=S)Nc1ccc(-c2occc2CO)cc1)c1cccs1. The molecule has 0 radical (unpaired) electrons. The number of hydrogen-bond acceptors (Lipinski definition) is 15. The number of carbonyl (C=O) groups is 3. The summed E-state index contributed by atoms with van der Waals surface area (Å²) in [5.41, 5.74) is 6.32. The maximum absolute atomic E-state index is 11.9. The van der Waals surface area contributed by atoms with E-state index < -0.39 is 0 Å². The summed E-state index contributed by atoms with van der Waals surface area (Å²) in [5.74, 6) is 1.82. The van der Waals surface area contributed by atoms with Crippen LogP contribution in [-0.2, 0) is 19.8 Å². The predicted molar refractivity (Wildman–Crippen MR) is 362 cm³/mol. The molecule has 0 atom stereocenters. The van der Waals surface area contributed by atoms with Gasteiger partial charge in [-0.1, -0.05) is 101 Å². The quantitative estimate of drug-likeness (QED) is 0.0519. The van der Waals surface area contributed by atoms with Gasteiger partial charge in [-0.2, -0.15) is 0 Å². The smallest absolute Gasteiger partial charge is 0.267 e. The molecule has 9 aromatic rings. The fourth-order valence-corrected chi connectivity index (χ4v) is 8.77. The second-order valence-corrected chi connectivity index (χ2v) is 18.8. The van der Waals surface area contributed by atoms with Crippen LogP contribution in [0.3, 0.4) is 0 Å². The number of aliphatic hydroxyl groups excluding tert-OH is 3. The summed E-state index contributed by atoms with van der Waals surface area (Å²) in [6.07, 6.45) is 3.07. The first-order valence-corrected chi connectivity index (χ1v) is 31.2. The molecule has 0 saturated carbocycles. The number of nitrogens with one attached hydrogen (secondary N) is 6. The van der Waals surface area contributed by atoms with Gasteiger partial charge in [-0.25, -0.2) is 0 Å². The molecule has 0 aliphatic heterocycles. The van der Waals surface area contributed by atoms with Crippen molar-refractivity contribution in [3.8, 4) is 34.0 Å². The second kappa shape index (κ2) is 44.1. The van der Waals surface area contributed by atoms with Crippen molar-refractivity contribution in [2.45, 2.75) is 103 Å². The highest BCUT2D eigenvalue weighted by molar-refractivity contribution is 7.81. The summed E-state index contributed by atoms with van der Waals surface area (Å²) < 4.78 is 16.3. The van der Waals surface area contributed by atoms with Crippen LogP contribution in [0.25, 0.3) is 34.0 Å². The fourth-order valence-electron chi connectivity index (χ4n) is 6.29. The molecule has 0 unspecified atom stereocenters. The minimum Gasteiger partial charge on any atom is -0.464 e. The van der Waals surface area contributed by atoms with Crippen molar-refractivity contribution in [1.82, 2.24) is 16.0 Å². The Bertz CT molecular complexity index is 3060. The van der Waals surface area contributed by atoms with Crippen molar-refractivity contribution in [1.29, 1.82) is 0 Å². The molecule has 84 heavy (non-hydrogen) atoms. The molecule has 450 valence electrons.